The van der Waals surface area contributed by atoms with Crippen LogP contribution < -0.4 is 5.32 Å². The molecule has 3 aromatic heterocycles. The van der Waals surface area contributed by atoms with Gasteiger partial charge in [0.2, 0.25) is 0 Å². The van der Waals surface area contributed by atoms with Crippen molar-refractivity contribution in [2.45, 2.75) is 20.4 Å². The van der Waals surface area contributed by atoms with Crippen LogP contribution in [0.25, 0.3) is 16.8 Å². The van der Waals surface area contributed by atoms with Gasteiger partial charge in [0.05, 0.1) is 5.69 Å². The molecular weight excluding hydrogens is 310 g/mol. The number of anilines is 1. The highest BCUT2D eigenvalue weighted by molar-refractivity contribution is 5.80. The van der Waals surface area contributed by atoms with E-state index in [1.54, 1.807) is 6.20 Å². The van der Waals surface area contributed by atoms with Crippen LogP contribution in [0.15, 0.2) is 60.9 Å². The van der Waals surface area contributed by atoms with E-state index >= 15 is 0 Å². The molecule has 4 aromatic rings. The molecule has 25 heavy (non-hydrogen) atoms. The summed E-state index contributed by atoms with van der Waals surface area (Å²) in [6.07, 6.45) is 3.64. The molecular formula is C20H19N5. The predicted molar refractivity (Wildman–Crippen MR) is 99.5 cm³/mol. The zero-order valence-electron chi connectivity index (χ0n) is 14.3. The summed E-state index contributed by atoms with van der Waals surface area (Å²) < 4.78 is 1.89. The summed E-state index contributed by atoms with van der Waals surface area (Å²) in [7, 11) is 0. The van der Waals surface area contributed by atoms with Gasteiger partial charge in [0.15, 0.2) is 5.65 Å². The van der Waals surface area contributed by atoms with Crippen molar-refractivity contribution in [3.8, 4) is 11.1 Å². The predicted octanol–water partition coefficient (Wildman–Crippen LogP) is 4.02. The molecule has 0 saturated heterocycles. The van der Waals surface area contributed by atoms with E-state index < -0.39 is 0 Å². The summed E-state index contributed by atoms with van der Waals surface area (Å²) in [5.74, 6) is 0.927. The molecule has 1 aromatic carbocycles. The number of nitrogens with zero attached hydrogens (tertiary/aromatic N) is 4. The first kappa shape index (κ1) is 15.3. The first-order valence-electron chi connectivity index (χ1n) is 8.27. The van der Waals surface area contributed by atoms with Crippen LogP contribution in [0.4, 0.5) is 5.82 Å². The number of fused-ring (bicyclic) bond motifs is 1. The molecule has 0 aliphatic rings. The van der Waals surface area contributed by atoms with Gasteiger partial charge in [-0.25, -0.2) is 4.98 Å². The number of hydrogen-bond acceptors (Lipinski definition) is 4. The van der Waals surface area contributed by atoms with E-state index in [9.17, 15) is 0 Å². The van der Waals surface area contributed by atoms with E-state index in [1.165, 1.54) is 0 Å². The fourth-order valence-electron chi connectivity index (χ4n) is 3.01. The Balaban J connectivity index is 1.78. The van der Waals surface area contributed by atoms with E-state index in [0.717, 1.165) is 39.5 Å². The normalized spacial score (nSPS) is 11.0. The van der Waals surface area contributed by atoms with Gasteiger partial charge in [0.25, 0.3) is 0 Å². The molecule has 0 spiro atoms. The third-order valence-electron chi connectivity index (χ3n) is 4.15. The standard InChI is InChI=1S/C20H19N5/c1-14-11-18(22-13-16-7-6-10-21-12-16)25-20(23-14)19(15(2)24-25)17-8-4-3-5-9-17/h3-12,22H,13H2,1-2H3. The van der Waals surface area contributed by atoms with Crippen LogP contribution in [-0.2, 0) is 6.54 Å². The lowest BCUT2D eigenvalue weighted by atomic mass is 10.1. The van der Waals surface area contributed by atoms with Gasteiger partial charge in [0.1, 0.15) is 5.82 Å². The van der Waals surface area contributed by atoms with E-state index in [1.807, 2.05) is 54.9 Å². The Bertz CT molecular complexity index is 1010. The fourth-order valence-corrected chi connectivity index (χ4v) is 3.01. The van der Waals surface area contributed by atoms with Crippen LogP contribution in [-0.4, -0.2) is 19.6 Å². The van der Waals surface area contributed by atoms with E-state index in [0.29, 0.717) is 6.54 Å². The van der Waals surface area contributed by atoms with Crippen molar-refractivity contribution in [1.82, 2.24) is 19.6 Å². The molecule has 0 saturated carbocycles. The van der Waals surface area contributed by atoms with Crippen LogP contribution in [0.3, 0.4) is 0 Å². The number of pyridine rings is 1. The highest BCUT2D eigenvalue weighted by Crippen LogP contribution is 2.29. The quantitative estimate of drug-likeness (QED) is 0.614. The molecule has 0 radical (unpaired) electrons. The number of nitrogens with one attached hydrogen (secondary N) is 1. The Morgan fingerprint density at radius 3 is 2.64 bits per heavy atom. The third kappa shape index (κ3) is 2.96. The summed E-state index contributed by atoms with van der Waals surface area (Å²) in [6.45, 7) is 4.72. The Hall–Kier alpha value is -3.21. The first-order valence-corrected chi connectivity index (χ1v) is 8.27. The Morgan fingerprint density at radius 1 is 1.04 bits per heavy atom. The minimum absolute atomic E-state index is 0.686. The van der Waals surface area contributed by atoms with Gasteiger partial charge in [-0.15, -0.1) is 0 Å². The van der Waals surface area contributed by atoms with E-state index in [2.05, 4.69) is 28.5 Å². The maximum absolute atomic E-state index is 4.74. The van der Waals surface area contributed by atoms with Crippen LogP contribution >= 0.6 is 0 Å². The fraction of sp³-hybridized carbons (Fsp3) is 0.150. The average Bonchev–Trinajstić information content (AvgIpc) is 2.97. The third-order valence-corrected chi connectivity index (χ3v) is 4.15. The zero-order chi connectivity index (χ0) is 17.2. The molecule has 0 bridgehead atoms. The van der Waals surface area contributed by atoms with Crippen LogP contribution in [0.1, 0.15) is 17.0 Å². The minimum Gasteiger partial charge on any atom is -0.366 e. The number of aromatic nitrogens is 4. The number of benzene rings is 1. The monoisotopic (exact) mass is 329 g/mol. The first-order chi connectivity index (χ1) is 12.2. The molecule has 1 N–H and O–H groups in total. The van der Waals surface area contributed by atoms with Gasteiger partial charge in [-0.3, -0.25) is 4.98 Å². The van der Waals surface area contributed by atoms with Crippen molar-refractivity contribution in [2.24, 2.45) is 0 Å². The number of aryl methyl sites for hydroxylation is 2. The van der Waals surface area contributed by atoms with Gasteiger partial charge < -0.3 is 5.32 Å². The smallest absolute Gasteiger partial charge is 0.165 e. The molecule has 0 amide bonds. The molecule has 4 rings (SSSR count). The molecule has 0 fully saturated rings. The lowest BCUT2D eigenvalue weighted by molar-refractivity contribution is 0.899. The molecule has 0 aliphatic heterocycles. The Labute approximate surface area is 146 Å². The molecule has 0 aliphatic carbocycles. The lowest BCUT2D eigenvalue weighted by Crippen LogP contribution is -2.07. The second-order valence-electron chi connectivity index (χ2n) is 6.06. The second kappa shape index (κ2) is 6.36. The van der Waals surface area contributed by atoms with Gasteiger partial charge in [-0.05, 0) is 31.0 Å². The average molecular weight is 329 g/mol. The minimum atomic E-state index is 0.686. The van der Waals surface area contributed by atoms with Crippen molar-refractivity contribution in [3.05, 3.63) is 77.9 Å². The second-order valence-corrected chi connectivity index (χ2v) is 6.06. The molecule has 0 unspecified atom stereocenters. The van der Waals surface area contributed by atoms with Crippen molar-refractivity contribution in [1.29, 1.82) is 0 Å². The summed E-state index contributed by atoms with van der Waals surface area (Å²) in [5.41, 5.74) is 6.13. The van der Waals surface area contributed by atoms with Gasteiger partial charge in [-0.1, -0.05) is 36.4 Å². The Kier molecular flexibility index (Phi) is 3.90. The number of rotatable bonds is 4. The van der Waals surface area contributed by atoms with Crippen LogP contribution in [0.5, 0.6) is 0 Å². The van der Waals surface area contributed by atoms with E-state index in [4.69, 9.17) is 10.1 Å². The lowest BCUT2D eigenvalue weighted by Gasteiger charge is -2.09. The molecule has 124 valence electrons. The summed E-state index contributed by atoms with van der Waals surface area (Å²) in [6, 6.07) is 16.3. The maximum Gasteiger partial charge on any atom is 0.165 e. The maximum atomic E-state index is 4.74. The van der Waals surface area contributed by atoms with Crippen molar-refractivity contribution >= 4 is 11.5 Å². The molecule has 3 heterocycles. The van der Waals surface area contributed by atoms with E-state index in [-0.39, 0.29) is 0 Å². The zero-order valence-corrected chi connectivity index (χ0v) is 14.3. The van der Waals surface area contributed by atoms with Gasteiger partial charge in [0, 0.05) is 36.3 Å². The number of hydrogen-bond donors (Lipinski definition) is 1. The largest absolute Gasteiger partial charge is 0.366 e. The SMILES string of the molecule is Cc1cc(NCc2cccnc2)n2nc(C)c(-c3ccccc3)c2n1. The topological polar surface area (TPSA) is 55.1 Å². The van der Waals surface area contributed by atoms with Crippen molar-refractivity contribution in [3.63, 3.8) is 0 Å². The molecule has 5 heteroatoms. The van der Waals surface area contributed by atoms with Crippen molar-refractivity contribution in [2.75, 3.05) is 5.32 Å². The summed E-state index contributed by atoms with van der Waals surface area (Å²) in [5, 5.41) is 8.18. The molecule has 5 nitrogen and oxygen atoms in total. The van der Waals surface area contributed by atoms with Crippen LogP contribution in [0.2, 0.25) is 0 Å². The summed E-state index contributed by atoms with van der Waals surface area (Å²) in [4.78, 5) is 8.90. The highest BCUT2D eigenvalue weighted by atomic mass is 15.3. The molecule has 0 atom stereocenters. The van der Waals surface area contributed by atoms with Gasteiger partial charge >= 0.3 is 0 Å². The Morgan fingerprint density at radius 2 is 1.88 bits per heavy atom. The van der Waals surface area contributed by atoms with Crippen LogP contribution in [0, 0.1) is 13.8 Å². The highest BCUT2D eigenvalue weighted by Gasteiger charge is 2.15. The van der Waals surface area contributed by atoms with Crippen molar-refractivity contribution < 1.29 is 0 Å². The summed E-state index contributed by atoms with van der Waals surface area (Å²) >= 11 is 0. The van der Waals surface area contributed by atoms with Gasteiger partial charge in [-0.2, -0.15) is 9.61 Å².